The van der Waals surface area contributed by atoms with Crippen molar-refractivity contribution in [3.63, 3.8) is 0 Å². The van der Waals surface area contributed by atoms with E-state index < -0.39 is 7.32 Å². The second kappa shape index (κ2) is 20.3. The molecule has 16 heavy (non-hydrogen) atoms. The normalized spacial score (nSPS) is 8.44. The van der Waals surface area contributed by atoms with Gasteiger partial charge in [0.15, 0.2) is 0 Å². The fourth-order valence-corrected chi connectivity index (χ4v) is 0. The van der Waals surface area contributed by atoms with E-state index in [1.54, 1.807) is 0 Å². The third kappa shape index (κ3) is 74200. The fourth-order valence-electron chi connectivity index (χ4n) is 0. The van der Waals surface area contributed by atoms with Crippen LogP contribution in [-0.4, -0.2) is 25.4 Å². The second-order valence-electron chi connectivity index (χ2n) is 4.47. The number of hydrogen-bond donors (Lipinski definition) is 3. The molecule has 0 saturated heterocycles. The molecule has 0 radical (unpaired) electrons. The summed E-state index contributed by atoms with van der Waals surface area (Å²) in [5.74, 6) is 0. The topological polar surface area (TPSA) is 152 Å². The van der Waals surface area contributed by atoms with E-state index in [1.807, 2.05) is 0 Å². The van der Waals surface area contributed by atoms with E-state index in [-0.39, 0.29) is 0 Å². The van der Waals surface area contributed by atoms with Crippen LogP contribution in [0.25, 0.3) is 0 Å². The van der Waals surface area contributed by atoms with Crippen LogP contribution in [-0.2, 0) is 0 Å². The minimum atomic E-state index is -2.92. The summed E-state index contributed by atoms with van der Waals surface area (Å²) in [6.45, 7) is 12.3. The van der Waals surface area contributed by atoms with Gasteiger partial charge in [-0.1, -0.05) is 0 Å². The second-order valence-corrected chi connectivity index (χ2v) is 4.47. The third-order valence-electron chi connectivity index (χ3n) is 0. The highest BCUT2D eigenvalue weighted by atomic mass is 16.5. The molecule has 0 fully saturated rings. The van der Waals surface area contributed by atoms with Crippen LogP contribution >= 0.6 is 0 Å². The lowest BCUT2D eigenvalue weighted by Gasteiger charge is -2.35. The first-order valence-corrected chi connectivity index (χ1v) is 5.40. The highest BCUT2D eigenvalue weighted by Gasteiger charge is 1.73. The van der Waals surface area contributed by atoms with Crippen molar-refractivity contribution in [1.29, 1.82) is 0 Å². The Morgan fingerprint density at radius 2 is 0.625 bits per heavy atom. The molecule has 0 aliphatic carbocycles. The zero-order valence-corrected chi connectivity index (χ0v) is 11.7. The van der Waals surface area contributed by atoms with Crippen LogP contribution in [0, 0.1) is 0 Å². The van der Waals surface area contributed by atoms with Crippen LogP contribution in [0.5, 0.6) is 0 Å². The summed E-state index contributed by atoms with van der Waals surface area (Å²) in [5.41, 5.74) is 10.9. The molecule has 7 heteroatoms. The van der Waals surface area contributed by atoms with Crippen molar-refractivity contribution in [3.8, 4) is 0 Å². The maximum absolute atomic E-state index is 8.42. The Kier molecular flexibility index (Phi) is 31.5. The lowest BCUT2D eigenvalue weighted by molar-refractivity contribution is -0.479. The van der Waals surface area contributed by atoms with Crippen molar-refractivity contribution in [2.24, 2.45) is 0 Å². The molecule has 0 rings (SSSR count). The van der Waals surface area contributed by atoms with Gasteiger partial charge in [-0.25, -0.2) is 0 Å². The Balaban J connectivity index is -0.0000000600. The predicted molar refractivity (Wildman–Crippen MR) is 59.8 cm³/mol. The molecule has 0 bridgehead atoms. The predicted octanol–water partition coefficient (Wildman–Crippen LogP) is -5.04. The average molecular weight is 239 g/mol. The van der Waals surface area contributed by atoms with Gasteiger partial charge in [-0.3, -0.25) is 7.32 Å². The Morgan fingerprint density at radius 1 is 0.625 bits per heavy atom. The van der Waals surface area contributed by atoms with E-state index >= 15 is 0 Å². The molecule has 0 atom stereocenters. The highest BCUT2D eigenvalue weighted by molar-refractivity contribution is 6.24. The highest BCUT2D eigenvalue weighted by Crippen LogP contribution is 1.54. The Bertz CT molecular complexity index is 69.0. The van der Waals surface area contributed by atoms with Gasteiger partial charge in [0.1, 0.15) is 0 Å². The minimum absolute atomic E-state index is 0.583. The van der Waals surface area contributed by atoms with Crippen molar-refractivity contribution < 1.29 is 32.3 Å². The summed E-state index contributed by atoms with van der Waals surface area (Å²) in [4.78, 5) is 0. The van der Waals surface area contributed by atoms with E-state index in [2.05, 4.69) is 58.7 Å². The molecule has 0 aromatic heterocycles. The smallest absolute Gasteiger partial charge is 0.0786 e. The Morgan fingerprint density at radius 3 is 0.625 bits per heavy atom. The quantitative estimate of drug-likeness (QED) is 0.362. The van der Waals surface area contributed by atoms with E-state index in [0.717, 1.165) is 0 Å². The number of rotatable bonds is 0. The van der Waals surface area contributed by atoms with Gasteiger partial charge in [0.05, 0.1) is 18.1 Å². The average Bonchev–Trinajstić information content (AvgIpc) is 1.76. The lowest BCUT2D eigenvalue weighted by atomic mass is 10.3. The van der Waals surface area contributed by atoms with Crippen LogP contribution in [0.15, 0.2) is 0 Å². The van der Waals surface area contributed by atoms with E-state index in [0.29, 0.717) is 18.1 Å². The maximum atomic E-state index is 8.42. The molecule has 0 amide bonds. The summed E-state index contributed by atoms with van der Waals surface area (Å²) in [7, 11) is -2.92. The number of hydrogen-bond acceptors (Lipinski definition) is 3. The van der Waals surface area contributed by atoms with Crippen LogP contribution in [0.4, 0.5) is 0 Å². The first-order chi connectivity index (χ1) is 6.93. The fraction of sp³-hybridized carbons (Fsp3) is 1.00. The standard InChI is InChI=1S/3C3H9N.BO3/c3*1-3(2)4;2-1(3)4/h3*3H,4H2,1-2H3;/q;;;-3/p+3. The molecule has 0 aromatic rings. The molecule has 0 aliphatic heterocycles. The first-order valence-electron chi connectivity index (χ1n) is 5.40. The summed E-state index contributed by atoms with van der Waals surface area (Å²) < 4.78 is 0. The zero-order chi connectivity index (χ0) is 14.3. The van der Waals surface area contributed by atoms with Gasteiger partial charge in [-0.15, -0.1) is 0 Å². The molecule has 6 nitrogen and oxygen atoms in total. The van der Waals surface area contributed by atoms with Crippen molar-refractivity contribution in [3.05, 3.63) is 0 Å². The molecule has 0 spiro atoms. The molecule has 9 N–H and O–H groups in total. The maximum Gasteiger partial charge on any atom is 0.0786 e. The van der Waals surface area contributed by atoms with E-state index in [1.165, 1.54) is 0 Å². The van der Waals surface area contributed by atoms with Crippen molar-refractivity contribution in [2.45, 2.75) is 59.7 Å². The lowest BCUT2D eigenvalue weighted by Crippen LogP contribution is -2.57. The molecule has 0 saturated carbocycles. The van der Waals surface area contributed by atoms with Gasteiger partial charge in [-0.05, 0) is 41.5 Å². The Labute approximate surface area is 100 Å². The van der Waals surface area contributed by atoms with Gasteiger partial charge in [0, 0.05) is 0 Å². The zero-order valence-electron chi connectivity index (χ0n) is 11.7. The van der Waals surface area contributed by atoms with Crippen molar-refractivity contribution in [1.82, 2.24) is 0 Å². The van der Waals surface area contributed by atoms with Crippen LogP contribution in [0.3, 0.4) is 0 Å². The first kappa shape index (κ1) is 24.9. The largest absolute Gasteiger partial charge is 0.907 e. The molecule has 0 unspecified atom stereocenters. The number of quaternary nitrogens is 3. The Hall–Kier alpha value is -0.175. The van der Waals surface area contributed by atoms with E-state index in [9.17, 15) is 0 Å². The van der Waals surface area contributed by atoms with Crippen LogP contribution in [0.1, 0.15) is 41.5 Å². The van der Waals surface area contributed by atoms with Gasteiger partial charge < -0.3 is 32.3 Å². The van der Waals surface area contributed by atoms with Gasteiger partial charge in [-0.2, -0.15) is 0 Å². The summed E-state index contributed by atoms with van der Waals surface area (Å²) in [5, 5.41) is 25.2. The summed E-state index contributed by atoms with van der Waals surface area (Å²) in [6.07, 6.45) is 0. The van der Waals surface area contributed by atoms with E-state index in [4.69, 9.17) is 15.1 Å². The molecule has 0 aromatic carbocycles. The molecular weight excluding hydrogens is 209 g/mol. The molecule has 0 aliphatic rings. The van der Waals surface area contributed by atoms with Gasteiger partial charge in [0.2, 0.25) is 0 Å². The van der Waals surface area contributed by atoms with Gasteiger partial charge >= 0.3 is 0 Å². The molecule has 102 valence electrons. The third-order valence-corrected chi connectivity index (χ3v) is 0. The summed E-state index contributed by atoms with van der Waals surface area (Å²) >= 11 is 0. The van der Waals surface area contributed by atoms with Crippen LogP contribution in [0.2, 0.25) is 0 Å². The van der Waals surface area contributed by atoms with Gasteiger partial charge in [0.25, 0.3) is 0 Å². The van der Waals surface area contributed by atoms with Crippen molar-refractivity contribution >= 4 is 7.32 Å². The molecular formula is C9H30BN3O3. The monoisotopic (exact) mass is 239 g/mol. The molecule has 0 heterocycles. The van der Waals surface area contributed by atoms with Crippen molar-refractivity contribution in [2.75, 3.05) is 0 Å². The minimum Gasteiger partial charge on any atom is -0.907 e. The van der Waals surface area contributed by atoms with Crippen LogP contribution < -0.4 is 32.3 Å². The SMILES string of the molecule is CC(C)[NH3+].CC(C)[NH3+].CC(C)[NH3+].[O-]B([O-])[O-]. The summed E-state index contributed by atoms with van der Waals surface area (Å²) in [6, 6.07) is 1.75.